The zero-order chi connectivity index (χ0) is 12.7. The van der Waals surface area contributed by atoms with Gasteiger partial charge in [-0.05, 0) is 12.5 Å². The standard InChI is InChI=1S/C11H14ClN3O2/c1-2-4-14-10(16)7-15-11(17)8-6-13-5-3-9(8)12/h3,5-6H,2,4,7H2,1H3,(H,14,16)(H,15,17). The molecule has 0 aliphatic rings. The molecule has 1 aromatic heterocycles. The van der Waals surface area contributed by atoms with E-state index in [0.717, 1.165) is 6.42 Å². The second kappa shape index (κ2) is 6.85. The van der Waals surface area contributed by atoms with Gasteiger partial charge in [0.25, 0.3) is 5.91 Å². The molecule has 0 saturated carbocycles. The van der Waals surface area contributed by atoms with Crippen molar-refractivity contribution in [1.82, 2.24) is 15.6 Å². The number of rotatable bonds is 5. The molecule has 0 radical (unpaired) electrons. The van der Waals surface area contributed by atoms with E-state index in [-0.39, 0.29) is 18.0 Å². The SMILES string of the molecule is CCCNC(=O)CNC(=O)c1cnccc1Cl. The smallest absolute Gasteiger partial charge is 0.254 e. The van der Waals surface area contributed by atoms with Crippen LogP contribution in [-0.4, -0.2) is 29.9 Å². The van der Waals surface area contributed by atoms with Crippen LogP contribution in [0.5, 0.6) is 0 Å². The molecule has 2 N–H and O–H groups in total. The molecule has 1 rings (SSSR count). The monoisotopic (exact) mass is 255 g/mol. The van der Waals surface area contributed by atoms with Gasteiger partial charge in [-0.2, -0.15) is 0 Å². The van der Waals surface area contributed by atoms with Crippen LogP contribution in [0.2, 0.25) is 5.02 Å². The average Bonchev–Trinajstić information content (AvgIpc) is 2.34. The third kappa shape index (κ3) is 4.40. The first kappa shape index (κ1) is 13.4. The number of carbonyl (C=O) groups excluding carboxylic acids is 2. The first-order valence-corrected chi connectivity index (χ1v) is 5.67. The van der Waals surface area contributed by atoms with Crippen molar-refractivity contribution < 1.29 is 9.59 Å². The third-order valence-electron chi connectivity index (χ3n) is 1.99. The summed E-state index contributed by atoms with van der Waals surface area (Å²) in [6.07, 6.45) is 3.71. The van der Waals surface area contributed by atoms with Crippen molar-refractivity contribution >= 4 is 23.4 Å². The van der Waals surface area contributed by atoms with E-state index in [2.05, 4.69) is 15.6 Å². The summed E-state index contributed by atoms with van der Waals surface area (Å²) < 4.78 is 0. The predicted molar refractivity (Wildman–Crippen MR) is 64.9 cm³/mol. The third-order valence-corrected chi connectivity index (χ3v) is 2.32. The quantitative estimate of drug-likeness (QED) is 0.824. The van der Waals surface area contributed by atoms with Gasteiger partial charge in [-0.15, -0.1) is 0 Å². The van der Waals surface area contributed by atoms with Gasteiger partial charge < -0.3 is 10.6 Å². The van der Waals surface area contributed by atoms with Crippen molar-refractivity contribution in [3.05, 3.63) is 29.0 Å². The van der Waals surface area contributed by atoms with Gasteiger partial charge in [-0.3, -0.25) is 14.6 Å². The van der Waals surface area contributed by atoms with Crippen molar-refractivity contribution in [2.75, 3.05) is 13.1 Å². The molecular formula is C11H14ClN3O2. The maximum atomic E-state index is 11.6. The van der Waals surface area contributed by atoms with E-state index in [1.165, 1.54) is 18.5 Å². The number of carbonyl (C=O) groups is 2. The van der Waals surface area contributed by atoms with E-state index in [0.29, 0.717) is 11.6 Å². The minimum Gasteiger partial charge on any atom is -0.355 e. The second-order valence-corrected chi connectivity index (χ2v) is 3.80. The normalized spacial score (nSPS) is 9.76. The highest BCUT2D eigenvalue weighted by atomic mass is 35.5. The number of halogens is 1. The fourth-order valence-electron chi connectivity index (χ4n) is 1.13. The van der Waals surface area contributed by atoms with Crippen molar-refractivity contribution in [2.45, 2.75) is 13.3 Å². The largest absolute Gasteiger partial charge is 0.355 e. The average molecular weight is 256 g/mol. The Bertz CT molecular complexity index is 409. The Balaban J connectivity index is 2.45. The molecule has 0 aromatic carbocycles. The molecular weight excluding hydrogens is 242 g/mol. The van der Waals surface area contributed by atoms with Crippen LogP contribution in [0.3, 0.4) is 0 Å². The van der Waals surface area contributed by atoms with E-state index >= 15 is 0 Å². The first-order chi connectivity index (χ1) is 8.15. The fraction of sp³-hybridized carbons (Fsp3) is 0.364. The van der Waals surface area contributed by atoms with E-state index in [4.69, 9.17) is 11.6 Å². The topological polar surface area (TPSA) is 71.1 Å². The summed E-state index contributed by atoms with van der Waals surface area (Å²) in [7, 11) is 0. The van der Waals surface area contributed by atoms with E-state index in [9.17, 15) is 9.59 Å². The van der Waals surface area contributed by atoms with Crippen molar-refractivity contribution in [2.24, 2.45) is 0 Å². The molecule has 0 aliphatic carbocycles. The summed E-state index contributed by atoms with van der Waals surface area (Å²) in [6, 6.07) is 1.52. The zero-order valence-electron chi connectivity index (χ0n) is 9.50. The number of nitrogens with one attached hydrogen (secondary N) is 2. The molecule has 5 nitrogen and oxygen atoms in total. The lowest BCUT2D eigenvalue weighted by atomic mass is 10.2. The molecule has 17 heavy (non-hydrogen) atoms. The highest BCUT2D eigenvalue weighted by Gasteiger charge is 2.10. The van der Waals surface area contributed by atoms with E-state index in [1.807, 2.05) is 6.92 Å². The Kier molecular flexibility index (Phi) is 5.42. The molecule has 0 bridgehead atoms. The van der Waals surface area contributed by atoms with Gasteiger partial charge in [0.15, 0.2) is 0 Å². The number of hydrogen-bond donors (Lipinski definition) is 2. The Morgan fingerprint density at radius 1 is 1.41 bits per heavy atom. The summed E-state index contributed by atoms with van der Waals surface area (Å²) in [5.41, 5.74) is 0.262. The van der Waals surface area contributed by atoms with Gasteiger partial charge in [0, 0.05) is 18.9 Å². The van der Waals surface area contributed by atoms with Crippen LogP contribution in [0.25, 0.3) is 0 Å². The van der Waals surface area contributed by atoms with Crippen LogP contribution in [0.1, 0.15) is 23.7 Å². The second-order valence-electron chi connectivity index (χ2n) is 3.39. The van der Waals surface area contributed by atoms with Crippen molar-refractivity contribution in [3.8, 4) is 0 Å². The highest BCUT2D eigenvalue weighted by Crippen LogP contribution is 2.12. The molecule has 0 saturated heterocycles. The number of aromatic nitrogens is 1. The lowest BCUT2D eigenvalue weighted by Crippen LogP contribution is -2.37. The Labute approximate surface area is 105 Å². The number of nitrogens with zero attached hydrogens (tertiary/aromatic N) is 1. The zero-order valence-corrected chi connectivity index (χ0v) is 10.3. The Morgan fingerprint density at radius 2 is 2.18 bits per heavy atom. The summed E-state index contributed by atoms with van der Waals surface area (Å²) in [5.74, 6) is -0.630. The lowest BCUT2D eigenvalue weighted by Gasteiger charge is -2.06. The van der Waals surface area contributed by atoms with E-state index in [1.54, 1.807) is 0 Å². The van der Waals surface area contributed by atoms with Gasteiger partial charge >= 0.3 is 0 Å². The van der Waals surface area contributed by atoms with Gasteiger partial charge in [0.2, 0.25) is 5.91 Å². The van der Waals surface area contributed by atoms with Crippen LogP contribution < -0.4 is 10.6 Å². The summed E-state index contributed by atoms with van der Waals surface area (Å²) >= 11 is 5.82. The van der Waals surface area contributed by atoms with E-state index < -0.39 is 5.91 Å². The number of amides is 2. The molecule has 92 valence electrons. The van der Waals surface area contributed by atoms with Crippen molar-refractivity contribution in [3.63, 3.8) is 0 Å². The molecule has 6 heteroatoms. The molecule has 0 atom stereocenters. The lowest BCUT2D eigenvalue weighted by molar-refractivity contribution is -0.120. The van der Waals surface area contributed by atoms with Crippen LogP contribution in [0, 0.1) is 0 Å². The minimum atomic E-state index is -0.408. The number of pyridine rings is 1. The summed E-state index contributed by atoms with van der Waals surface area (Å²) in [4.78, 5) is 26.7. The maximum absolute atomic E-state index is 11.6. The van der Waals surface area contributed by atoms with Gasteiger partial charge in [-0.25, -0.2) is 0 Å². The molecule has 0 aliphatic heterocycles. The minimum absolute atomic E-state index is 0.0654. The van der Waals surface area contributed by atoms with Crippen molar-refractivity contribution in [1.29, 1.82) is 0 Å². The molecule has 0 spiro atoms. The number of hydrogen-bond acceptors (Lipinski definition) is 3. The predicted octanol–water partition coefficient (Wildman–Crippen LogP) is 0.991. The van der Waals surface area contributed by atoms with Crippen LogP contribution in [0.4, 0.5) is 0 Å². The van der Waals surface area contributed by atoms with Gasteiger partial charge in [-0.1, -0.05) is 18.5 Å². The summed E-state index contributed by atoms with van der Waals surface area (Å²) in [5, 5.41) is 5.44. The molecule has 0 unspecified atom stereocenters. The maximum Gasteiger partial charge on any atom is 0.254 e. The summed E-state index contributed by atoms with van der Waals surface area (Å²) in [6.45, 7) is 2.49. The van der Waals surface area contributed by atoms with Crippen LogP contribution in [0.15, 0.2) is 18.5 Å². The molecule has 1 heterocycles. The Morgan fingerprint density at radius 3 is 2.82 bits per heavy atom. The fourth-order valence-corrected chi connectivity index (χ4v) is 1.32. The van der Waals surface area contributed by atoms with Gasteiger partial charge in [0.05, 0.1) is 17.1 Å². The molecule has 2 amide bonds. The Hall–Kier alpha value is -1.62. The first-order valence-electron chi connectivity index (χ1n) is 5.29. The van der Waals surface area contributed by atoms with Gasteiger partial charge in [0.1, 0.15) is 0 Å². The van der Waals surface area contributed by atoms with Crippen LogP contribution >= 0.6 is 11.6 Å². The molecule has 1 aromatic rings. The molecule has 0 fully saturated rings. The van der Waals surface area contributed by atoms with Crippen LogP contribution in [-0.2, 0) is 4.79 Å². The highest BCUT2D eigenvalue weighted by molar-refractivity contribution is 6.33.